The van der Waals surface area contributed by atoms with Gasteiger partial charge < -0.3 is 14.5 Å². The zero-order chi connectivity index (χ0) is 22.7. The van der Waals surface area contributed by atoms with Crippen molar-refractivity contribution >= 4 is 46.1 Å². The van der Waals surface area contributed by atoms with Gasteiger partial charge in [-0.3, -0.25) is 4.79 Å². The van der Waals surface area contributed by atoms with Crippen molar-refractivity contribution in [2.24, 2.45) is 0 Å². The van der Waals surface area contributed by atoms with Crippen LogP contribution in [0.3, 0.4) is 0 Å². The lowest BCUT2D eigenvalue weighted by atomic mass is 10.1. The molecule has 1 unspecified atom stereocenters. The zero-order valence-electron chi connectivity index (χ0n) is 17.6. The van der Waals surface area contributed by atoms with Crippen molar-refractivity contribution in [3.63, 3.8) is 0 Å². The summed E-state index contributed by atoms with van der Waals surface area (Å²) in [5.41, 5.74) is 1.29. The highest BCUT2D eigenvalue weighted by atomic mass is 35.5. The van der Waals surface area contributed by atoms with Crippen molar-refractivity contribution in [2.45, 2.75) is 31.2 Å². The predicted octanol–water partition coefficient (Wildman–Crippen LogP) is 4.42. The van der Waals surface area contributed by atoms with Gasteiger partial charge >= 0.3 is 12.1 Å². The largest absolute Gasteiger partial charge is 0.444 e. The van der Waals surface area contributed by atoms with E-state index < -0.39 is 18.2 Å². The molecule has 3 saturated heterocycles. The minimum absolute atomic E-state index is 0.0514. The Hall–Kier alpha value is -3.58. The third-order valence-electron chi connectivity index (χ3n) is 6.82. The van der Waals surface area contributed by atoms with Gasteiger partial charge in [0.15, 0.2) is 0 Å². The molecule has 3 aliphatic rings. The van der Waals surface area contributed by atoms with Crippen molar-refractivity contribution in [3.8, 4) is 0 Å². The van der Waals surface area contributed by atoms with E-state index in [1.54, 1.807) is 28.0 Å². The summed E-state index contributed by atoms with van der Waals surface area (Å²) in [4.78, 5) is 44.2. The van der Waals surface area contributed by atoms with E-state index in [-0.39, 0.29) is 24.6 Å². The molecule has 3 aromatic rings. The Bertz CT molecular complexity index is 1310. The van der Waals surface area contributed by atoms with Gasteiger partial charge in [-0.05, 0) is 23.9 Å². The maximum atomic E-state index is 13.5. The predicted molar refractivity (Wildman–Crippen MR) is 123 cm³/mol. The van der Waals surface area contributed by atoms with Crippen molar-refractivity contribution < 1.29 is 19.1 Å². The highest BCUT2D eigenvalue weighted by Gasteiger charge is 2.63. The van der Waals surface area contributed by atoms with Crippen LogP contribution in [0.4, 0.5) is 15.3 Å². The van der Waals surface area contributed by atoms with Crippen molar-refractivity contribution in [1.29, 1.82) is 0 Å². The first-order chi connectivity index (χ1) is 16.0. The second kappa shape index (κ2) is 7.49. The molecule has 8 heteroatoms. The second-order valence-corrected chi connectivity index (χ2v) is 8.97. The Kier molecular flexibility index (Phi) is 4.55. The summed E-state index contributed by atoms with van der Waals surface area (Å²) in [5.74, 6) is -0.299. The molecule has 33 heavy (non-hydrogen) atoms. The molecular formula is C25H20ClN3O4. The van der Waals surface area contributed by atoms with Crippen LogP contribution in [0, 0.1) is 0 Å². The topological polar surface area (TPSA) is 70.2 Å². The smallest absolute Gasteiger partial charge is 0.410 e. The molecule has 0 N–H and O–H groups in total. The standard InChI is InChI=1S/C25H20ClN3O4/c26-19-10-4-2-7-16(19)14-33-25(32)27-13-17-12-21(27)22-23(30)29(24(31)28(17)22)20-11-5-8-15-6-1-3-9-18(15)20/h1-11,17,21-22H,12-14H2/t17-,21?,22-/m1/s1. The molecule has 0 saturated carbocycles. The average Bonchev–Trinajstić information content (AvgIpc) is 3.49. The normalized spacial score (nSPS) is 23.5. The lowest BCUT2D eigenvalue weighted by molar-refractivity contribution is -0.121. The van der Waals surface area contributed by atoms with Crippen LogP contribution in [-0.2, 0) is 16.1 Å². The Morgan fingerprint density at radius 2 is 1.76 bits per heavy atom. The molecule has 0 spiro atoms. The third-order valence-corrected chi connectivity index (χ3v) is 7.18. The monoisotopic (exact) mass is 461 g/mol. The lowest BCUT2D eigenvalue weighted by Crippen LogP contribution is -2.54. The molecule has 7 nitrogen and oxygen atoms in total. The molecule has 166 valence electrons. The van der Waals surface area contributed by atoms with Gasteiger partial charge in [0.25, 0.3) is 5.91 Å². The number of fused-ring (bicyclic) bond motifs is 6. The van der Waals surface area contributed by atoms with Gasteiger partial charge in [-0.1, -0.05) is 66.2 Å². The molecule has 3 atom stereocenters. The van der Waals surface area contributed by atoms with Crippen LogP contribution in [0.1, 0.15) is 12.0 Å². The first-order valence-electron chi connectivity index (χ1n) is 10.9. The number of amides is 4. The Labute approximate surface area is 195 Å². The average molecular weight is 462 g/mol. The minimum atomic E-state index is -0.692. The molecule has 3 heterocycles. The van der Waals surface area contributed by atoms with E-state index in [1.807, 2.05) is 48.5 Å². The van der Waals surface area contributed by atoms with Gasteiger partial charge in [0.05, 0.1) is 17.8 Å². The van der Waals surface area contributed by atoms with E-state index in [2.05, 4.69) is 0 Å². The SMILES string of the molecule is O=C1[C@H]2C3C[C@H](CN3C(=O)OCc3ccccc3Cl)N2C(=O)N1c1cccc2ccccc12. The summed E-state index contributed by atoms with van der Waals surface area (Å²) in [5, 5.41) is 2.32. The van der Waals surface area contributed by atoms with Crippen molar-refractivity contribution in [1.82, 2.24) is 9.80 Å². The minimum Gasteiger partial charge on any atom is -0.444 e. The van der Waals surface area contributed by atoms with E-state index in [0.717, 1.165) is 10.8 Å². The number of likely N-dealkylation sites (tertiary alicyclic amines) is 1. The van der Waals surface area contributed by atoms with Crippen LogP contribution in [-0.4, -0.2) is 52.5 Å². The number of benzene rings is 3. The van der Waals surface area contributed by atoms with Gasteiger partial charge in [0.1, 0.15) is 12.6 Å². The van der Waals surface area contributed by atoms with E-state index in [0.29, 0.717) is 29.2 Å². The zero-order valence-corrected chi connectivity index (χ0v) is 18.3. The number of carbonyl (C=O) groups excluding carboxylic acids is 3. The summed E-state index contributed by atoms with van der Waals surface area (Å²) < 4.78 is 5.50. The summed E-state index contributed by atoms with van der Waals surface area (Å²) in [7, 11) is 0. The van der Waals surface area contributed by atoms with Gasteiger partial charge in [0.2, 0.25) is 0 Å². The number of carbonyl (C=O) groups is 3. The first kappa shape index (κ1) is 20.1. The quantitative estimate of drug-likeness (QED) is 0.541. The third kappa shape index (κ3) is 2.99. The summed E-state index contributed by atoms with van der Waals surface area (Å²) in [6.45, 7) is 0.403. The van der Waals surface area contributed by atoms with Gasteiger partial charge in [-0.2, -0.15) is 0 Å². The maximum absolute atomic E-state index is 13.5. The summed E-state index contributed by atoms with van der Waals surface area (Å²) in [6, 6.07) is 18.8. The second-order valence-electron chi connectivity index (χ2n) is 8.56. The molecule has 4 amide bonds. The highest BCUT2D eigenvalue weighted by Crippen LogP contribution is 2.43. The number of nitrogens with zero attached hydrogens (tertiary/aromatic N) is 3. The van der Waals surface area contributed by atoms with Gasteiger partial charge in [-0.15, -0.1) is 0 Å². The summed E-state index contributed by atoms with van der Waals surface area (Å²) in [6.07, 6.45) is 0.0816. The molecule has 0 aliphatic carbocycles. The number of imide groups is 1. The highest BCUT2D eigenvalue weighted by molar-refractivity contribution is 6.31. The summed E-state index contributed by atoms with van der Waals surface area (Å²) >= 11 is 6.16. The molecular weight excluding hydrogens is 442 g/mol. The van der Waals surface area contributed by atoms with E-state index in [1.165, 1.54) is 4.90 Å². The fourth-order valence-corrected chi connectivity index (χ4v) is 5.52. The number of hydrogen-bond acceptors (Lipinski definition) is 4. The Balaban J connectivity index is 1.25. The van der Waals surface area contributed by atoms with Gasteiger partial charge in [0, 0.05) is 22.5 Å². The van der Waals surface area contributed by atoms with E-state index in [9.17, 15) is 14.4 Å². The molecule has 3 aromatic carbocycles. The van der Waals surface area contributed by atoms with Crippen LogP contribution in [0.15, 0.2) is 66.7 Å². The molecule has 3 fully saturated rings. The Morgan fingerprint density at radius 3 is 2.61 bits per heavy atom. The molecule has 2 bridgehead atoms. The van der Waals surface area contributed by atoms with Crippen molar-refractivity contribution in [3.05, 3.63) is 77.3 Å². The first-order valence-corrected chi connectivity index (χ1v) is 11.2. The van der Waals surface area contributed by atoms with Crippen LogP contribution in [0.2, 0.25) is 5.02 Å². The number of anilines is 1. The molecule has 6 rings (SSSR count). The van der Waals surface area contributed by atoms with E-state index >= 15 is 0 Å². The fourth-order valence-electron chi connectivity index (χ4n) is 5.33. The van der Waals surface area contributed by atoms with Crippen LogP contribution >= 0.6 is 11.6 Å². The lowest BCUT2D eigenvalue weighted by Gasteiger charge is -2.34. The number of halogens is 1. The number of rotatable bonds is 3. The Morgan fingerprint density at radius 1 is 1.00 bits per heavy atom. The maximum Gasteiger partial charge on any atom is 0.410 e. The number of ether oxygens (including phenoxy) is 1. The van der Waals surface area contributed by atoms with Crippen LogP contribution < -0.4 is 4.90 Å². The molecule has 0 radical (unpaired) electrons. The molecule has 0 aromatic heterocycles. The van der Waals surface area contributed by atoms with Gasteiger partial charge in [-0.25, -0.2) is 14.5 Å². The number of urea groups is 1. The van der Waals surface area contributed by atoms with Crippen molar-refractivity contribution in [2.75, 3.05) is 11.4 Å². The van der Waals surface area contributed by atoms with E-state index in [4.69, 9.17) is 16.3 Å². The number of hydrogen-bond donors (Lipinski definition) is 0. The van der Waals surface area contributed by atoms with Crippen LogP contribution in [0.5, 0.6) is 0 Å². The van der Waals surface area contributed by atoms with Crippen LogP contribution in [0.25, 0.3) is 10.8 Å². The molecule has 3 aliphatic heterocycles. The fraction of sp³-hybridized carbons (Fsp3) is 0.240. The number of piperazine rings is 1.